The van der Waals surface area contributed by atoms with Crippen LogP contribution >= 0.6 is 0 Å². The molecule has 2 aromatic rings. The summed E-state index contributed by atoms with van der Waals surface area (Å²) >= 11 is 0. The highest BCUT2D eigenvalue weighted by Crippen LogP contribution is 2.43. The number of allylic oxidation sites excluding steroid dienone is 4. The van der Waals surface area contributed by atoms with Crippen LogP contribution in [0.3, 0.4) is 0 Å². The van der Waals surface area contributed by atoms with Crippen molar-refractivity contribution in [2.45, 2.75) is 24.9 Å². The Morgan fingerprint density at radius 2 is 1.56 bits per heavy atom. The first-order chi connectivity index (χ1) is 12.4. The van der Waals surface area contributed by atoms with Crippen molar-refractivity contribution in [1.29, 1.82) is 0 Å². The molecule has 1 aliphatic carbocycles. The van der Waals surface area contributed by atoms with Gasteiger partial charge >= 0.3 is 6.18 Å². The minimum atomic E-state index is -4.45. The lowest BCUT2D eigenvalue weighted by Crippen LogP contribution is -2.11. The number of rotatable bonds is 3. The Morgan fingerprint density at radius 1 is 0.963 bits per heavy atom. The zero-order chi connectivity index (χ0) is 20.0. The fraction of sp³-hybridized carbons (Fsp3) is 0.211. The topological polar surface area (TPSA) is 73.1 Å². The molecule has 8 heteroatoms. The predicted molar refractivity (Wildman–Crippen MR) is 96.8 cm³/mol. The van der Waals surface area contributed by atoms with Crippen LogP contribution in [0.15, 0.2) is 59.6 Å². The van der Waals surface area contributed by atoms with Crippen molar-refractivity contribution in [1.82, 2.24) is 4.98 Å². The molecule has 0 amide bonds. The van der Waals surface area contributed by atoms with E-state index in [1.54, 1.807) is 12.1 Å². The first kappa shape index (κ1) is 19.3. The van der Waals surface area contributed by atoms with Crippen LogP contribution in [0.25, 0.3) is 11.1 Å². The minimum Gasteiger partial charge on any atom is -0.256 e. The van der Waals surface area contributed by atoms with E-state index in [0.717, 1.165) is 23.4 Å². The summed E-state index contributed by atoms with van der Waals surface area (Å²) < 4.78 is 61.1. The third-order valence-corrected chi connectivity index (χ3v) is 5.11. The Kier molecular flexibility index (Phi) is 4.52. The van der Waals surface area contributed by atoms with Gasteiger partial charge in [-0.1, -0.05) is 38.1 Å². The van der Waals surface area contributed by atoms with E-state index >= 15 is 0 Å². The van der Waals surface area contributed by atoms with Gasteiger partial charge in [0.15, 0.2) is 0 Å². The summed E-state index contributed by atoms with van der Waals surface area (Å²) in [5.74, 6) is 0. The highest BCUT2D eigenvalue weighted by molar-refractivity contribution is 7.89. The molecule has 0 unspecified atom stereocenters. The van der Waals surface area contributed by atoms with Crippen LogP contribution in [-0.2, 0) is 16.2 Å². The van der Waals surface area contributed by atoms with Crippen molar-refractivity contribution < 1.29 is 21.6 Å². The smallest absolute Gasteiger partial charge is 0.256 e. The molecule has 0 fully saturated rings. The molecule has 1 heterocycles. The third kappa shape index (κ3) is 4.12. The number of hydrogen-bond acceptors (Lipinski definition) is 3. The third-order valence-electron chi connectivity index (χ3n) is 4.18. The van der Waals surface area contributed by atoms with Crippen molar-refractivity contribution in [3.8, 4) is 0 Å². The molecule has 0 saturated heterocycles. The summed E-state index contributed by atoms with van der Waals surface area (Å²) in [5, 5.41) is 5.12. The van der Waals surface area contributed by atoms with Gasteiger partial charge in [0.05, 0.1) is 16.2 Å². The fourth-order valence-corrected chi connectivity index (χ4v) is 3.45. The second-order valence-corrected chi connectivity index (χ2v) is 8.50. The van der Waals surface area contributed by atoms with Crippen molar-refractivity contribution in [3.63, 3.8) is 0 Å². The molecule has 1 aromatic carbocycles. The number of nitrogens with two attached hydrogens (primary N) is 1. The summed E-state index contributed by atoms with van der Waals surface area (Å²) in [5.41, 5.74) is 1.46. The Hall–Kier alpha value is -2.45. The number of sulfonamides is 1. The van der Waals surface area contributed by atoms with E-state index in [-0.39, 0.29) is 10.3 Å². The predicted octanol–water partition coefficient (Wildman–Crippen LogP) is 4.25. The van der Waals surface area contributed by atoms with Crippen LogP contribution in [0.2, 0.25) is 0 Å². The van der Waals surface area contributed by atoms with Gasteiger partial charge in [-0.3, -0.25) is 4.98 Å². The van der Waals surface area contributed by atoms with Gasteiger partial charge in [0, 0.05) is 17.2 Å². The van der Waals surface area contributed by atoms with Crippen LogP contribution in [-0.4, -0.2) is 13.4 Å². The maximum atomic E-state index is 12.8. The molecule has 0 radical (unpaired) electrons. The second-order valence-electron chi connectivity index (χ2n) is 6.94. The Balaban J connectivity index is 2.01. The average molecular weight is 394 g/mol. The van der Waals surface area contributed by atoms with Crippen molar-refractivity contribution in [3.05, 3.63) is 71.6 Å². The average Bonchev–Trinajstić information content (AvgIpc) is 2.89. The van der Waals surface area contributed by atoms with E-state index in [0.29, 0.717) is 11.3 Å². The van der Waals surface area contributed by atoms with Gasteiger partial charge in [-0.2, -0.15) is 13.2 Å². The number of hydrogen-bond donors (Lipinski definition) is 1. The van der Waals surface area contributed by atoms with Crippen LogP contribution in [0.4, 0.5) is 13.2 Å². The molecule has 3 rings (SSSR count). The van der Waals surface area contributed by atoms with E-state index in [9.17, 15) is 21.6 Å². The number of primary sulfonamides is 1. The van der Waals surface area contributed by atoms with E-state index in [2.05, 4.69) is 4.98 Å². The van der Waals surface area contributed by atoms with Crippen LogP contribution in [0.5, 0.6) is 0 Å². The Morgan fingerprint density at radius 3 is 2.04 bits per heavy atom. The lowest BCUT2D eigenvalue weighted by molar-refractivity contribution is -0.137. The first-order valence-corrected chi connectivity index (χ1v) is 9.54. The SMILES string of the molecule is CC1(C)C=C(c2ccc(S(N)(=O)=O)cc2)C(c2ccc(C(F)(F)F)cn2)=C1. The van der Waals surface area contributed by atoms with E-state index < -0.39 is 21.8 Å². The molecule has 0 bridgehead atoms. The van der Waals surface area contributed by atoms with Gasteiger partial charge in [-0.15, -0.1) is 0 Å². The maximum Gasteiger partial charge on any atom is 0.417 e. The van der Waals surface area contributed by atoms with Crippen LogP contribution in [0.1, 0.15) is 30.7 Å². The van der Waals surface area contributed by atoms with Gasteiger partial charge in [0.25, 0.3) is 0 Å². The van der Waals surface area contributed by atoms with Gasteiger partial charge in [-0.05, 0) is 35.4 Å². The highest BCUT2D eigenvalue weighted by atomic mass is 32.2. The summed E-state index contributed by atoms with van der Waals surface area (Å²) in [6.07, 6.45) is 0.249. The van der Waals surface area contributed by atoms with Crippen molar-refractivity contribution in [2.75, 3.05) is 0 Å². The molecule has 0 aliphatic heterocycles. The molecular weight excluding hydrogens is 377 g/mol. The number of nitrogens with zero attached hydrogens (tertiary/aromatic N) is 1. The van der Waals surface area contributed by atoms with Gasteiger partial charge < -0.3 is 0 Å². The van der Waals surface area contributed by atoms with Gasteiger partial charge in [0.2, 0.25) is 10.0 Å². The standard InChI is InChI=1S/C19H17F3N2O2S/c1-18(2)9-15(12-3-6-14(7-4-12)27(23,25)26)16(10-18)17-8-5-13(11-24-17)19(20,21)22/h3-11H,1-2H3,(H2,23,25,26). The van der Waals surface area contributed by atoms with E-state index in [1.807, 2.05) is 26.0 Å². The summed E-state index contributed by atoms with van der Waals surface area (Å²) in [6, 6.07) is 8.36. The Bertz CT molecular complexity index is 1030. The van der Waals surface area contributed by atoms with Crippen molar-refractivity contribution in [2.24, 2.45) is 10.6 Å². The zero-order valence-corrected chi connectivity index (χ0v) is 15.4. The van der Waals surface area contributed by atoms with Crippen molar-refractivity contribution >= 4 is 21.2 Å². The second kappa shape index (κ2) is 6.31. The Labute approximate surface area is 155 Å². The maximum absolute atomic E-state index is 12.8. The number of halogens is 3. The number of benzene rings is 1. The molecule has 1 aliphatic rings. The summed E-state index contributed by atoms with van der Waals surface area (Å²) in [6.45, 7) is 3.92. The normalized spacial score (nSPS) is 16.8. The van der Waals surface area contributed by atoms with Crippen LogP contribution in [0, 0.1) is 5.41 Å². The van der Waals surface area contributed by atoms with Gasteiger partial charge in [0.1, 0.15) is 0 Å². The fourth-order valence-electron chi connectivity index (χ4n) is 2.94. The first-order valence-electron chi connectivity index (χ1n) is 8.00. The largest absolute Gasteiger partial charge is 0.417 e. The van der Waals surface area contributed by atoms with Gasteiger partial charge in [-0.25, -0.2) is 13.6 Å². The molecule has 0 saturated carbocycles. The monoisotopic (exact) mass is 394 g/mol. The molecular formula is C19H17F3N2O2S. The molecule has 4 nitrogen and oxygen atoms in total. The molecule has 2 N–H and O–H groups in total. The summed E-state index contributed by atoms with van der Waals surface area (Å²) in [4.78, 5) is 3.97. The molecule has 0 atom stereocenters. The highest BCUT2D eigenvalue weighted by Gasteiger charge is 2.31. The quantitative estimate of drug-likeness (QED) is 0.846. The molecule has 0 spiro atoms. The molecule has 142 valence electrons. The van der Waals surface area contributed by atoms with E-state index in [4.69, 9.17) is 5.14 Å². The van der Waals surface area contributed by atoms with Crippen LogP contribution < -0.4 is 5.14 Å². The molecule has 27 heavy (non-hydrogen) atoms. The zero-order valence-electron chi connectivity index (χ0n) is 14.6. The minimum absolute atomic E-state index is 0.0118. The van der Waals surface area contributed by atoms with E-state index in [1.165, 1.54) is 18.2 Å². The number of alkyl halides is 3. The number of aromatic nitrogens is 1. The lowest BCUT2D eigenvalue weighted by atomic mass is 9.95. The summed E-state index contributed by atoms with van der Waals surface area (Å²) in [7, 11) is -3.80. The number of pyridine rings is 1. The lowest BCUT2D eigenvalue weighted by Gasteiger charge is -2.11. The molecule has 1 aromatic heterocycles.